The highest BCUT2D eigenvalue weighted by atomic mass is 15.3. The number of hydrogen-bond acceptors (Lipinski definition) is 3. The fourth-order valence-electron chi connectivity index (χ4n) is 1.41. The lowest BCUT2D eigenvalue weighted by Crippen LogP contribution is -2.16. The van der Waals surface area contributed by atoms with Crippen molar-refractivity contribution in [2.75, 3.05) is 0 Å². The van der Waals surface area contributed by atoms with Crippen LogP contribution in [0.3, 0.4) is 0 Å². The van der Waals surface area contributed by atoms with E-state index in [1.807, 2.05) is 17.5 Å². The first-order valence-electron chi connectivity index (χ1n) is 4.66. The summed E-state index contributed by atoms with van der Waals surface area (Å²) in [5.74, 6) is 0.970. The van der Waals surface area contributed by atoms with Crippen molar-refractivity contribution in [1.82, 2.24) is 19.6 Å². The second kappa shape index (κ2) is 2.77. The highest BCUT2D eigenvalue weighted by molar-refractivity contribution is 5.36. The van der Waals surface area contributed by atoms with Crippen molar-refractivity contribution in [3.05, 3.63) is 23.9 Å². The Morgan fingerprint density at radius 2 is 1.93 bits per heavy atom. The van der Waals surface area contributed by atoms with Gasteiger partial charge < -0.3 is 0 Å². The van der Waals surface area contributed by atoms with Crippen LogP contribution in [0.5, 0.6) is 0 Å². The third kappa shape index (κ3) is 1.36. The summed E-state index contributed by atoms with van der Waals surface area (Å²) in [5.41, 5.74) is 1.79. The average Bonchev–Trinajstić information content (AvgIpc) is 2.45. The van der Waals surface area contributed by atoms with E-state index in [2.05, 4.69) is 36.0 Å². The molecule has 0 aliphatic rings. The van der Waals surface area contributed by atoms with Crippen molar-refractivity contribution in [3.8, 4) is 0 Å². The minimum Gasteiger partial charge on any atom is -0.283 e. The molecule has 74 valence electrons. The van der Waals surface area contributed by atoms with E-state index in [9.17, 15) is 0 Å². The Kier molecular flexibility index (Phi) is 1.80. The largest absolute Gasteiger partial charge is 0.283 e. The summed E-state index contributed by atoms with van der Waals surface area (Å²) >= 11 is 0. The predicted molar refractivity (Wildman–Crippen MR) is 54.2 cm³/mol. The van der Waals surface area contributed by atoms with Gasteiger partial charge in [0.05, 0.1) is 11.9 Å². The van der Waals surface area contributed by atoms with Crippen LogP contribution in [0.25, 0.3) is 5.65 Å². The van der Waals surface area contributed by atoms with Gasteiger partial charge in [-0.05, 0) is 6.92 Å². The molecule has 0 fully saturated rings. The Morgan fingerprint density at radius 1 is 1.21 bits per heavy atom. The highest BCUT2D eigenvalue weighted by Gasteiger charge is 2.20. The Labute approximate surface area is 83.0 Å². The molecular weight excluding hydrogens is 176 g/mol. The fourth-order valence-corrected chi connectivity index (χ4v) is 1.41. The fraction of sp³-hybridized carbons (Fsp3) is 0.500. The molecule has 0 aliphatic heterocycles. The van der Waals surface area contributed by atoms with Gasteiger partial charge in [-0.3, -0.25) is 9.38 Å². The molecule has 14 heavy (non-hydrogen) atoms. The maximum atomic E-state index is 4.18. The number of aromatic nitrogens is 4. The summed E-state index contributed by atoms with van der Waals surface area (Å²) in [4.78, 5) is 4.18. The number of fused-ring (bicyclic) bond motifs is 1. The van der Waals surface area contributed by atoms with Crippen molar-refractivity contribution >= 4 is 5.65 Å². The van der Waals surface area contributed by atoms with Gasteiger partial charge in [-0.15, -0.1) is 10.2 Å². The number of hydrogen-bond donors (Lipinski definition) is 0. The monoisotopic (exact) mass is 190 g/mol. The van der Waals surface area contributed by atoms with Gasteiger partial charge in [0.15, 0.2) is 5.65 Å². The van der Waals surface area contributed by atoms with Crippen LogP contribution in [0.15, 0.2) is 12.4 Å². The van der Waals surface area contributed by atoms with Crippen LogP contribution in [0, 0.1) is 6.92 Å². The molecule has 2 aromatic rings. The zero-order valence-electron chi connectivity index (χ0n) is 8.94. The second-order valence-electron chi connectivity index (χ2n) is 4.53. The van der Waals surface area contributed by atoms with Crippen molar-refractivity contribution < 1.29 is 0 Å². The maximum Gasteiger partial charge on any atom is 0.179 e. The lowest BCUT2D eigenvalue weighted by molar-refractivity contribution is 0.538. The van der Waals surface area contributed by atoms with Crippen molar-refractivity contribution in [1.29, 1.82) is 0 Å². The highest BCUT2D eigenvalue weighted by Crippen LogP contribution is 2.20. The van der Waals surface area contributed by atoms with Crippen LogP contribution in [0.2, 0.25) is 0 Å². The van der Waals surface area contributed by atoms with Gasteiger partial charge in [-0.1, -0.05) is 20.8 Å². The summed E-state index contributed by atoms with van der Waals surface area (Å²) in [6, 6.07) is 0. The molecule has 0 atom stereocenters. The van der Waals surface area contributed by atoms with Gasteiger partial charge in [0.2, 0.25) is 0 Å². The van der Waals surface area contributed by atoms with Gasteiger partial charge in [-0.25, -0.2) is 0 Å². The quantitative estimate of drug-likeness (QED) is 0.635. The molecule has 0 aliphatic carbocycles. The molecule has 0 spiro atoms. The van der Waals surface area contributed by atoms with Crippen LogP contribution in [-0.4, -0.2) is 19.6 Å². The molecule has 0 radical (unpaired) electrons. The molecule has 0 N–H and O–H groups in total. The van der Waals surface area contributed by atoms with E-state index in [0.29, 0.717) is 0 Å². The van der Waals surface area contributed by atoms with Crippen molar-refractivity contribution in [2.45, 2.75) is 33.1 Å². The molecule has 0 amide bonds. The Hall–Kier alpha value is -1.45. The summed E-state index contributed by atoms with van der Waals surface area (Å²) in [6.45, 7) is 8.34. The van der Waals surface area contributed by atoms with E-state index in [0.717, 1.165) is 17.2 Å². The smallest absolute Gasteiger partial charge is 0.179 e. The van der Waals surface area contributed by atoms with Gasteiger partial charge in [-0.2, -0.15) is 0 Å². The Bertz CT molecular complexity index is 464. The molecule has 0 unspecified atom stereocenters. The van der Waals surface area contributed by atoms with Gasteiger partial charge >= 0.3 is 0 Å². The minimum atomic E-state index is 0.00715. The van der Waals surface area contributed by atoms with E-state index in [-0.39, 0.29) is 5.41 Å². The summed E-state index contributed by atoms with van der Waals surface area (Å²) < 4.78 is 2.00. The molecule has 4 heteroatoms. The van der Waals surface area contributed by atoms with Crippen LogP contribution >= 0.6 is 0 Å². The Balaban J connectivity index is 2.73. The molecule has 2 heterocycles. The second-order valence-corrected chi connectivity index (χ2v) is 4.53. The molecular formula is C10H14N4. The zero-order valence-corrected chi connectivity index (χ0v) is 8.94. The van der Waals surface area contributed by atoms with Gasteiger partial charge in [0.1, 0.15) is 5.82 Å². The topological polar surface area (TPSA) is 43.1 Å². The third-order valence-electron chi connectivity index (χ3n) is 2.09. The van der Waals surface area contributed by atoms with E-state index in [1.54, 1.807) is 6.20 Å². The Morgan fingerprint density at radius 3 is 2.57 bits per heavy atom. The van der Waals surface area contributed by atoms with E-state index in [4.69, 9.17) is 0 Å². The van der Waals surface area contributed by atoms with Crippen LogP contribution in [0.4, 0.5) is 0 Å². The first-order chi connectivity index (χ1) is 6.48. The number of rotatable bonds is 0. The molecule has 0 saturated carbocycles. The van der Waals surface area contributed by atoms with Crippen molar-refractivity contribution in [3.63, 3.8) is 0 Å². The normalized spacial score (nSPS) is 12.3. The standard InChI is InChI=1S/C10H14N4/c1-7-6-14-8(5-11-7)12-13-9(14)10(2,3)4/h5-6H,1-4H3. The molecule has 2 rings (SSSR count). The first kappa shape index (κ1) is 9.12. The summed E-state index contributed by atoms with van der Waals surface area (Å²) in [5, 5.41) is 8.26. The number of nitrogens with zero attached hydrogens (tertiary/aromatic N) is 4. The van der Waals surface area contributed by atoms with E-state index in [1.165, 1.54) is 0 Å². The molecule has 0 aromatic carbocycles. The lowest BCUT2D eigenvalue weighted by Gasteiger charge is -2.15. The van der Waals surface area contributed by atoms with Crippen LogP contribution in [0.1, 0.15) is 32.3 Å². The van der Waals surface area contributed by atoms with Crippen molar-refractivity contribution in [2.24, 2.45) is 0 Å². The zero-order chi connectivity index (χ0) is 10.3. The summed E-state index contributed by atoms with van der Waals surface area (Å²) in [7, 11) is 0. The maximum absolute atomic E-state index is 4.18. The SMILES string of the molecule is Cc1cn2c(C(C)(C)C)nnc2cn1. The molecule has 0 saturated heterocycles. The average molecular weight is 190 g/mol. The third-order valence-corrected chi connectivity index (χ3v) is 2.09. The van der Waals surface area contributed by atoms with Gasteiger partial charge in [0.25, 0.3) is 0 Å². The first-order valence-corrected chi connectivity index (χ1v) is 4.66. The molecule has 2 aromatic heterocycles. The minimum absolute atomic E-state index is 0.00715. The lowest BCUT2D eigenvalue weighted by atomic mass is 9.96. The van der Waals surface area contributed by atoms with Gasteiger partial charge in [0, 0.05) is 11.6 Å². The summed E-state index contributed by atoms with van der Waals surface area (Å²) in [6.07, 6.45) is 3.72. The van der Waals surface area contributed by atoms with E-state index < -0.39 is 0 Å². The molecule has 4 nitrogen and oxygen atoms in total. The van der Waals surface area contributed by atoms with Crippen LogP contribution in [-0.2, 0) is 5.41 Å². The van der Waals surface area contributed by atoms with Crippen LogP contribution < -0.4 is 0 Å². The predicted octanol–water partition coefficient (Wildman–Crippen LogP) is 1.73. The number of aryl methyl sites for hydroxylation is 1. The van der Waals surface area contributed by atoms with E-state index >= 15 is 0 Å². The molecule has 0 bridgehead atoms.